The van der Waals surface area contributed by atoms with E-state index in [1.54, 1.807) is 19.3 Å². The van der Waals surface area contributed by atoms with Crippen LogP contribution in [0.15, 0.2) is 0 Å². The van der Waals surface area contributed by atoms with Gasteiger partial charge in [0.1, 0.15) is 0 Å². The van der Waals surface area contributed by atoms with E-state index in [1.165, 1.54) is 89.9 Å². The molecule has 6 unspecified atom stereocenters. The zero-order chi connectivity index (χ0) is 31.5. The fourth-order valence-corrected chi connectivity index (χ4v) is 16.4. The maximum Gasteiger partial charge on any atom is -0.0235 e. The van der Waals surface area contributed by atoms with Gasteiger partial charge in [0.15, 0.2) is 0 Å². The molecule has 264 valence electrons. The molecule has 0 radical (unpaired) electrons. The summed E-state index contributed by atoms with van der Waals surface area (Å²) in [5.41, 5.74) is 5.72. The highest BCUT2D eigenvalue weighted by molar-refractivity contribution is 5.16. The summed E-state index contributed by atoms with van der Waals surface area (Å²) in [7, 11) is 0. The summed E-state index contributed by atoms with van der Waals surface area (Å²) in [5.74, 6) is 5.85. The molecule has 45 heavy (non-hydrogen) atoms. The summed E-state index contributed by atoms with van der Waals surface area (Å²) in [6, 6.07) is 0. The smallest absolute Gasteiger partial charge is 0.0235 e. The van der Waals surface area contributed by atoms with Gasteiger partial charge in [0.2, 0.25) is 0 Å². The summed E-state index contributed by atoms with van der Waals surface area (Å²) in [6.07, 6.45) is 25.9. The molecule has 10 saturated carbocycles. The molecule has 0 aromatic carbocycles. The van der Waals surface area contributed by atoms with Crippen LogP contribution in [0.2, 0.25) is 0 Å². The Balaban J connectivity index is 0.000000150. The third kappa shape index (κ3) is 6.78. The van der Waals surface area contributed by atoms with E-state index in [9.17, 15) is 0 Å². The summed E-state index contributed by atoms with van der Waals surface area (Å²) in [5, 5.41) is 0. The molecule has 10 aliphatic carbocycles. The zero-order valence-electron chi connectivity index (χ0n) is 31.5. The zero-order valence-corrected chi connectivity index (χ0v) is 31.5. The molecule has 10 aliphatic rings. The SMILES string of the molecule is C.C.CC(C)C12CC3(C)CC1CC(C)(C3)C2.CC(C)C12CC3CC(C)(CC(C)(C3)C1)C2.CC(C)C1CC2(C)CCCC(C)(C1)C2. The first kappa shape index (κ1) is 37.8. The minimum absolute atomic E-state index is 0. The van der Waals surface area contributed by atoms with Crippen LogP contribution in [0.1, 0.15) is 207 Å². The van der Waals surface area contributed by atoms with E-state index in [4.69, 9.17) is 0 Å². The second-order valence-electron chi connectivity index (χ2n) is 22.9. The van der Waals surface area contributed by atoms with Gasteiger partial charge in [-0.05, 0) is 182 Å². The van der Waals surface area contributed by atoms with Crippen LogP contribution in [0.25, 0.3) is 0 Å². The van der Waals surface area contributed by atoms with Gasteiger partial charge in [-0.25, -0.2) is 0 Å². The van der Waals surface area contributed by atoms with Gasteiger partial charge in [-0.2, -0.15) is 0 Å². The summed E-state index contributed by atoms with van der Waals surface area (Å²) < 4.78 is 0. The van der Waals surface area contributed by atoms with Gasteiger partial charge >= 0.3 is 0 Å². The van der Waals surface area contributed by atoms with Gasteiger partial charge in [0.25, 0.3) is 0 Å². The highest BCUT2D eigenvalue weighted by Crippen LogP contribution is 2.76. The molecule has 0 aromatic heterocycles. The first-order valence-corrected chi connectivity index (χ1v) is 19.7. The van der Waals surface area contributed by atoms with Crippen molar-refractivity contribution in [3.05, 3.63) is 0 Å². The van der Waals surface area contributed by atoms with Crippen LogP contribution < -0.4 is 0 Å². The molecule has 0 saturated heterocycles. The Kier molecular flexibility index (Phi) is 9.92. The second kappa shape index (κ2) is 11.8. The van der Waals surface area contributed by atoms with Crippen molar-refractivity contribution in [3.63, 3.8) is 0 Å². The first-order valence-electron chi connectivity index (χ1n) is 19.7. The molecule has 6 atom stereocenters. The minimum Gasteiger partial charge on any atom is -0.0776 e. The quantitative estimate of drug-likeness (QED) is 0.293. The standard InChI is InChI=1S/C15H26.C14H24.C14H26.2CH4/c1-11(2)15-7-12-5-13(3,9-15)8-14(4,6-12)10-15;1-10(2)14-8-12(3)5-11(14)6-13(4,7-12)9-14;1-11(2)12-8-13(3)6-5-7-14(4,9-12)10-13;;/h11-12H,5-10H2,1-4H3;10-11H,5-9H2,1-4H3;11-12H,5-10H2,1-4H3;2*1H4. The van der Waals surface area contributed by atoms with E-state index in [2.05, 4.69) is 83.1 Å². The van der Waals surface area contributed by atoms with E-state index in [1.807, 2.05) is 0 Å². The van der Waals surface area contributed by atoms with Gasteiger partial charge < -0.3 is 0 Å². The van der Waals surface area contributed by atoms with Gasteiger partial charge in [-0.1, -0.05) is 104 Å². The maximum absolute atomic E-state index is 2.58. The highest BCUT2D eigenvalue weighted by atomic mass is 14.7. The Morgan fingerprint density at radius 3 is 1.22 bits per heavy atom. The molecule has 0 aromatic rings. The largest absolute Gasteiger partial charge is 0.0776 e. The van der Waals surface area contributed by atoms with E-state index in [0.29, 0.717) is 21.7 Å². The predicted molar refractivity (Wildman–Crippen MR) is 200 cm³/mol. The Hall–Kier alpha value is 0. The van der Waals surface area contributed by atoms with E-state index < -0.39 is 0 Å². The molecule has 0 aliphatic heterocycles. The van der Waals surface area contributed by atoms with Crippen LogP contribution in [0.5, 0.6) is 0 Å². The Morgan fingerprint density at radius 1 is 0.444 bits per heavy atom. The number of fused-ring (bicyclic) bond motifs is 2. The number of rotatable bonds is 3. The molecular formula is C45H84. The molecular weight excluding hydrogens is 540 g/mol. The lowest BCUT2D eigenvalue weighted by molar-refractivity contribution is -0.162. The summed E-state index contributed by atoms with van der Waals surface area (Å²) in [4.78, 5) is 0. The third-order valence-electron chi connectivity index (χ3n) is 16.6. The Labute approximate surface area is 285 Å². The number of hydrogen-bond donors (Lipinski definition) is 0. The second-order valence-corrected chi connectivity index (χ2v) is 22.9. The van der Waals surface area contributed by atoms with Crippen molar-refractivity contribution in [1.82, 2.24) is 0 Å². The summed E-state index contributed by atoms with van der Waals surface area (Å²) in [6.45, 7) is 30.1. The fourth-order valence-electron chi connectivity index (χ4n) is 16.4. The van der Waals surface area contributed by atoms with Crippen molar-refractivity contribution in [2.45, 2.75) is 207 Å². The minimum atomic E-state index is 0. The normalized spacial score (nSPS) is 53.0. The Morgan fingerprint density at radius 2 is 0.867 bits per heavy atom. The first-order chi connectivity index (χ1) is 19.7. The topological polar surface area (TPSA) is 0 Å². The van der Waals surface area contributed by atoms with Crippen LogP contribution in [-0.4, -0.2) is 0 Å². The van der Waals surface area contributed by atoms with Crippen LogP contribution in [0.4, 0.5) is 0 Å². The summed E-state index contributed by atoms with van der Waals surface area (Å²) >= 11 is 0. The number of hydrogen-bond acceptors (Lipinski definition) is 0. The molecule has 10 fully saturated rings. The average molecular weight is 625 g/mol. The predicted octanol–water partition coefficient (Wildman–Crippen LogP) is 14.8. The molecule has 0 N–H and O–H groups in total. The monoisotopic (exact) mass is 625 g/mol. The van der Waals surface area contributed by atoms with Gasteiger partial charge in [-0.3, -0.25) is 0 Å². The maximum atomic E-state index is 2.58. The molecule has 0 amide bonds. The van der Waals surface area contributed by atoms with Crippen molar-refractivity contribution < 1.29 is 0 Å². The lowest BCUT2D eigenvalue weighted by Gasteiger charge is -2.67. The highest BCUT2D eigenvalue weighted by Gasteiger charge is 2.67. The van der Waals surface area contributed by atoms with Crippen molar-refractivity contribution in [3.8, 4) is 0 Å². The van der Waals surface area contributed by atoms with Gasteiger partial charge in [0, 0.05) is 0 Å². The average Bonchev–Trinajstić information content (AvgIpc) is 3.14. The molecule has 0 heterocycles. The van der Waals surface area contributed by atoms with Crippen LogP contribution in [-0.2, 0) is 0 Å². The molecule has 10 rings (SSSR count). The van der Waals surface area contributed by atoms with Crippen molar-refractivity contribution in [2.75, 3.05) is 0 Å². The van der Waals surface area contributed by atoms with E-state index in [-0.39, 0.29) is 14.9 Å². The fraction of sp³-hybridized carbons (Fsp3) is 1.00. The van der Waals surface area contributed by atoms with E-state index >= 15 is 0 Å². The lowest BCUT2D eigenvalue weighted by Crippen LogP contribution is -2.56. The van der Waals surface area contributed by atoms with E-state index in [0.717, 1.165) is 57.2 Å². The molecule has 0 heteroatoms. The molecule has 0 spiro atoms. The molecule has 0 nitrogen and oxygen atoms in total. The molecule has 10 bridgehead atoms. The lowest BCUT2D eigenvalue weighted by atomic mass is 9.38. The van der Waals surface area contributed by atoms with Crippen LogP contribution in [0, 0.1) is 78.8 Å². The van der Waals surface area contributed by atoms with Crippen molar-refractivity contribution >= 4 is 0 Å². The van der Waals surface area contributed by atoms with Gasteiger partial charge in [0.05, 0.1) is 0 Å². The van der Waals surface area contributed by atoms with Crippen LogP contribution in [0.3, 0.4) is 0 Å². The van der Waals surface area contributed by atoms with Crippen molar-refractivity contribution in [2.24, 2.45) is 78.8 Å². The Bertz CT molecular complexity index is 984. The van der Waals surface area contributed by atoms with Crippen molar-refractivity contribution in [1.29, 1.82) is 0 Å². The van der Waals surface area contributed by atoms with Gasteiger partial charge in [-0.15, -0.1) is 0 Å². The third-order valence-corrected chi connectivity index (χ3v) is 16.6. The van der Waals surface area contributed by atoms with Crippen LogP contribution >= 0.6 is 0 Å².